The zero-order chi connectivity index (χ0) is 13.7. The molecule has 0 atom stereocenters. The van der Waals surface area contributed by atoms with Crippen LogP contribution in [0.2, 0.25) is 0 Å². The number of nitrogens with one attached hydrogen (secondary N) is 2. The van der Waals surface area contributed by atoms with E-state index in [4.69, 9.17) is 0 Å². The van der Waals surface area contributed by atoms with Gasteiger partial charge in [-0.1, -0.05) is 25.3 Å². The minimum Gasteiger partial charge on any atom is -0.376 e. The molecule has 19 heavy (non-hydrogen) atoms. The zero-order valence-electron chi connectivity index (χ0n) is 11.3. The molecular weight excluding hydrogens is 243 g/mol. The van der Waals surface area contributed by atoms with Crippen molar-refractivity contribution in [3.63, 3.8) is 0 Å². The van der Waals surface area contributed by atoms with Crippen LogP contribution in [0.15, 0.2) is 18.2 Å². The Balaban J connectivity index is 1.77. The Bertz CT molecular complexity index is 442. The number of aryl methyl sites for hydroxylation is 1. The number of rotatable bonds is 4. The lowest BCUT2D eigenvalue weighted by Gasteiger charge is -2.22. The molecule has 0 saturated heterocycles. The highest BCUT2D eigenvalue weighted by molar-refractivity contribution is 5.80. The molecule has 0 radical (unpaired) electrons. The van der Waals surface area contributed by atoms with E-state index in [9.17, 15) is 9.18 Å². The first-order valence-corrected chi connectivity index (χ1v) is 6.94. The Labute approximate surface area is 113 Å². The van der Waals surface area contributed by atoms with E-state index < -0.39 is 0 Å². The van der Waals surface area contributed by atoms with Crippen LogP contribution in [0, 0.1) is 12.7 Å². The van der Waals surface area contributed by atoms with Crippen molar-refractivity contribution < 1.29 is 9.18 Å². The van der Waals surface area contributed by atoms with Crippen LogP contribution in [0.1, 0.15) is 37.7 Å². The Morgan fingerprint density at radius 3 is 2.74 bits per heavy atom. The van der Waals surface area contributed by atoms with Crippen LogP contribution in [0.25, 0.3) is 0 Å². The minimum atomic E-state index is -0.252. The van der Waals surface area contributed by atoms with Crippen LogP contribution >= 0.6 is 0 Å². The van der Waals surface area contributed by atoms with Gasteiger partial charge in [-0.3, -0.25) is 4.79 Å². The van der Waals surface area contributed by atoms with Gasteiger partial charge in [0.15, 0.2) is 0 Å². The van der Waals surface area contributed by atoms with Crippen molar-refractivity contribution in [1.82, 2.24) is 5.32 Å². The zero-order valence-corrected chi connectivity index (χ0v) is 11.3. The number of anilines is 1. The lowest BCUT2D eigenvalue weighted by molar-refractivity contribution is -0.120. The Hall–Kier alpha value is -1.58. The summed E-state index contributed by atoms with van der Waals surface area (Å²) in [4.78, 5) is 11.8. The van der Waals surface area contributed by atoms with Gasteiger partial charge in [0, 0.05) is 11.7 Å². The maximum Gasteiger partial charge on any atom is 0.239 e. The monoisotopic (exact) mass is 264 g/mol. The van der Waals surface area contributed by atoms with Crippen LogP contribution in [-0.2, 0) is 4.79 Å². The number of halogens is 1. The van der Waals surface area contributed by atoms with Crippen LogP contribution in [0.3, 0.4) is 0 Å². The van der Waals surface area contributed by atoms with Crippen molar-refractivity contribution in [3.8, 4) is 0 Å². The molecule has 0 aromatic heterocycles. The Kier molecular flexibility index (Phi) is 4.77. The second-order valence-electron chi connectivity index (χ2n) is 5.22. The van der Waals surface area contributed by atoms with Crippen molar-refractivity contribution in [2.24, 2.45) is 0 Å². The lowest BCUT2D eigenvalue weighted by Crippen LogP contribution is -2.39. The normalized spacial score (nSPS) is 16.1. The van der Waals surface area contributed by atoms with Gasteiger partial charge in [-0.2, -0.15) is 0 Å². The topological polar surface area (TPSA) is 41.1 Å². The van der Waals surface area contributed by atoms with Gasteiger partial charge >= 0.3 is 0 Å². The summed E-state index contributed by atoms with van der Waals surface area (Å²) >= 11 is 0. The number of hydrogen-bond donors (Lipinski definition) is 2. The van der Waals surface area contributed by atoms with E-state index in [-0.39, 0.29) is 18.3 Å². The standard InChI is InChI=1S/C15H21FN2O/c1-11-7-8-13(9-14(11)16)17-10-15(19)18-12-5-3-2-4-6-12/h7-9,12,17H,2-6,10H2,1H3,(H,18,19). The van der Waals surface area contributed by atoms with E-state index >= 15 is 0 Å². The van der Waals surface area contributed by atoms with Crippen molar-refractivity contribution in [3.05, 3.63) is 29.6 Å². The quantitative estimate of drug-likeness (QED) is 0.877. The van der Waals surface area contributed by atoms with E-state index in [0.717, 1.165) is 12.8 Å². The van der Waals surface area contributed by atoms with Gasteiger partial charge in [0.2, 0.25) is 5.91 Å². The number of benzene rings is 1. The second kappa shape index (κ2) is 6.55. The number of amides is 1. The fourth-order valence-electron chi connectivity index (χ4n) is 2.41. The largest absolute Gasteiger partial charge is 0.376 e. The van der Waals surface area contributed by atoms with Crippen LogP contribution in [-0.4, -0.2) is 18.5 Å². The van der Waals surface area contributed by atoms with E-state index in [1.807, 2.05) is 0 Å². The molecule has 1 aliphatic rings. The molecule has 1 amide bonds. The molecule has 1 saturated carbocycles. The number of carbonyl (C=O) groups is 1. The van der Waals surface area contributed by atoms with Gasteiger partial charge in [-0.05, 0) is 37.5 Å². The lowest BCUT2D eigenvalue weighted by atomic mass is 9.95. The fourth-order valence-corrected chi connectivity index (χ4v) is 2.41. The SMILES string of the molecule is Cc1ccc(NCC(=O)NC2CCCCC2)cc1F. The molecule has 0 bridgehead atoms. The molecule has 3 nitrogen and oxygen atoms in total. The summed E-state index contributed by atoms with van der Waals surface area (Å²) in [6.45, 7) is 1.91. The van der Waals surface area contributed by atoms with E-state index in [1.54, 1.807) is 19.1 Å². The van der Waals surface area contributed by atoms with Crippen molar-refractivity contribution in [1.29, 1.82) is 0 Å². The highest BCUT2D eigenvalue weighted by atomic mass is 19.1. The minimum absolute atomic E-state index is 0.0205. The molecule has 0 heterocycles. The third-order valence-electron chi connectivity index (χ3n) is 3.60. The van der Waals surface area contributed by atoms with E-state index in [2.05, 4.69) is 10.6 Å². The summed E-state index contributed by atoms with van der Waals surface area (Å²) in [5.41, 5.74) is 1.25. The summed E-state index contributed by atoms with van der Waals surface area (Å²) in [5, 5.41) is 5.97. The molecule has 4 heteroatoms. The molecule has 2 rings (SSSR count). The van der Waals surface area contributed by atoms with Gasteiger partial charge in [0.25, 0.3) is 0 Å². The van der Waals surface area contributed by atoms with Gasteiger partial charge in [-0.15, -0.1) is 0 Å². The molecule has 1 aliphatic carbocycles. The highest BCUT2D eigenvalue weighted by Gasteiger charge is 2.15. The van der Waals surface area contributed by atoms with Gasteiger partial charge in [0.05, 0.1) is 6.54 Å². The van der Waals surface area contributed by atoms with Gasteiger partial charge < -0.3 is 10.6 Å². The molecule has 2 N–H and O–H groups in total. The highest BCUT2D eigenvalue weighted by Crippen LogP contribution is 2.17. The molecule has 0 aliphatic heterocycles. The van der Waals surface area contributed by atoms with E-state index in [1.165, 1.54) is 25.3 Å². The smallest absolute Gasteiger partial charge is 0.239 e. The first-order valence-electron chi connectivity index (χ1n) is 6.94. The average Bonchev–Trinajstić information content (AvgIpc) is 2.41. The number of carbonyl (C=O) groups excluding carboxylic acids is 1. The third kappa shape index (κ3) is 4.23. The van der Waals surface area contributed by atoms with Gasteiger partial charge in [0.1, 0.15) is 5.82 Å². The predicted molar refractivity (Wildman–Crippen MR) is 74.6 cm³/mol. The number of hydrogen-bond acceptors (Lipinski definition) is 2. The Morgan fingerprint density at radius 2 is 2.05 bits per heavy atom. The summed E-state index contributed by atoms with van der Waals surface area (Å²) in [6, 6.07) is 5.23. The first kappa shape index (κ1) is 13.8. The predicted octanol–water partition coefficient (Wildman–Crippen LogP) is 2.99. The van der Waals surface area contributed by atoms with Crippen LogP contribution in [0.4, 0.5) is 10.1 Å². The molecular formula is C15H21FN2O. The van der Waals surface area contributed by atoms with Crippen LogP contribution < -0.4 is 10.6 Å². The molecule has 0 unspecified atom stereocenters. The first-order chi connectivity index (χ1) is 9.15. The molecule has 1 fully saturated rings. The Morgan fingerprint density at radius 1 is 1.32 bits per heavy atom. The van der Waals surface area contributed by atoms with Gasteiger partial charge in [-0.25, -0.2) is 4.39 Å². The molecule has 1 aromatic rings. The molecule has 104 valence electrons. The summed E-state index contributed by atoms with van der Waals surface area (Å²) < 4.78 is 13.3. The second-order valence-corrected chi connectivity index (χ2v) is 5.22. The molecule has 1 aromatic carbocycles. The summed E-state index contributed by atoms with van der Waals surface area (Å²) in [7, 11) is 0. The maximum atomic E-state index is 13.3. The van der Waals surface area contributed by atoms with Crippen molar-refractivity contribution in [2.45, 2.75) is 45.1 Å². The summed E-state index contributed by atoms with van der Waals surface area (Å²) in [5.74, 6) is -0.273. The fraction of sp³-hybridized carbons (Fsp3) is 0.533. The average molecular weight is 264 g/mol. The van der Waals surface area contributed by atoms with Crippen molar-refractivity contribution in [2.75, 3.05) is 11.9 Å². The van der Waals surface area contributed by atoms with Crippen LogP contribution in [0.5, 0.6) is 0 Å². The van der Waals surface area contributed by atoms with E-state index in [0.29, 0.717) is 17.3 Å². The maximum absolute atomic E-state index is 13.3. The van der Waals surface area contributed by atoms with Crippen molar-refractivity contribution >= 4 is 11.6 Å². The third-order valence-corrected chi connectivity index (χ3v) is 3.60. The summed E-state index contributed by atoms with van der Waals surface area (Å²) in [6.07, 6.45) is 5.81. The molecule has 0 spiro atoms.